The summed E-state index contributed by atoms with van der Waals surface area (Å²) in [6, 6.07) is 6.19. The molecule has 18 heavy (non-hydrogen) atoms. The van der Waals surface area contributed by atoms with Crippen molar-refractivity contribution in [1.29, 1.82) is 0 Å². The molecule has 0 fully saturated rings. The molecule has 2 aromatic heterocycles. The van der Waals surface area contributed by atoms with Gasteiger partial charge in [-0.25, -0.2) is 8.42 Å². The normalized spacial score (nSPS) is 11.2. The molecule has 0 atom stereocenters. The summed E-state index contributed by atoms with van der Waals surface area (Å²) in [4.78, 5) is 7.85. The Morgan fingerprint density at radius 1 is 1.17 bits per heavy atom. The fourth-order valence-electron chi connectivity index (χ4n) is 1.32. The van der Waals surface area contributed by atoms with E-state index in [9.17, 15) is 8.42 Å². The summed E-state index contributed by atoms with van der Waals surface area (Å²) in [6.07, 6.45) is 4.30. The molecule has 0 unspecified atom stereocenters. The van der Waals surface area contributed by atoms with Gasteiger partial charge in [-0.3, -0.25) is 14.7 Å². The highest BCUT2D eigenvalue weighted by Gasteiger charge is 2.14. The summed E-state index contributed by atoms with van der Waals surface area (Å²) in [5, 5.41) is 0. The summed E-state index contributed by atoms with van der Waals surface area (Å²) < 4.78 is 26.4. The quantitative estimate of drug-likeness (QED) is 0.848. The molecule has 3 N–H and O–H groups in total. The Morgan fingerprint density at radius 2 is 1.89 bits per heavy atom. The van der Waals surface area contributed by atoms with E-state index in [1.165, 1.54) is 24.7 Å². The molecule has 0 aliphatic rings. The van der Waals surface area contributed by atoms with Crippen LogP contribution in [0.1, 0.15) is 5.69 Å². The third-order valence-corrected chi connectivity index (χ3v) is 3.62. The van der Waals surface area contributed by atoms with Crippen molar-refractivity contribution >= 4 is 15.7 Å². The van der Waals surface area contributed by atoms with Gasteiger partial charge in [-0.15, -0.1) is 0 Å². The number of hydrogen-bond acceptors (Lipinski definition) is 5. The highest BCUT2D eigenvalue weighted by atomic mass is 32.2. The summed E-state index contributed by atoms with van der Waals surface area (Å²) in [7, 11) is -3.62. The van der Waals surface area contributed by atoms with Gasteiger partial charge < -0.3 is 5.73 Å². The standard InChI is InChI=1S/C11H12N4O2S/c12-7-10-1-2-11(8-14-10)18(16,17)15-9-3-5-13-6-4-9/h1-6,8H,7,12H2,(H,13,15). The van der Waals surface area contributed by atoms with Crippen molar-refractivity contribution in [1.82, 2.24) is 9.97 Å². The van der Waals surface area contributed by atoms with Gasteiger partial charge in [-0.2, -0.15) is 0 Å². The van der Waals surface area contributed by atoms with Crippen LogP contribution in [0.3, 0.4) is 0 Å². The van der Waals surface area contributed by atoms with Crippen molar-refractivity contribution in [2.75, 3.05) is 4.72 Å². The fraction of sp³-hybridized carbons (Fsp3) is 0.0909. The molecule has 94 valence electrons. The third kappa shape index (κ3) is 2.82. The van der Waals surface area contributed by atoms with Crippen LogP contribution in [0.2, 0.25) is 0 Å². The van der Waals surface area contributed by atoms with Crippen molar-refractivity contribution < 1.29 is 8.42 Å². The van der Waals surface area contributed by atoms with E-state index >= 15 is 0 Å². The largest absolute Gasteiger partial charge is 0.325 e. The zero-order chi connectivity index (χ0) is 13.0. The maximum atomic E-state index is 12.0. The fourth-order valence-corrected chi connectivity index (χ4v) is 2.33. The Balaban J connectivity index is 2.25. The number of nitrogens with two attached hydrogens (primary N) is 1. The first kappa shape index (κ1) is 12.5. The lowest BCUT2D eigenvalue weighted by molar-refractivity contribution is 0.600. The van der Waals surface area contributed by atoms with Gasteiger partial charge in [0.25, 0.3) is 10.0 Å². The second-order valence-corrected chi connectivity index (χ2v) is 5.21. The van der Waals surface area contributed by atoms with Gasteiger partial charge in [0.05, 0.1) is 11.4 Å². The molecular formula is C11H12N4O2S. The van der Waals surface area contributed by atoms with Gasteiger partial charge in [0.2, 0.25) is 0 Å². The van der Waals surface area contributed by atoms with E-state index in [4.69, 9.17) is 5.73 Å². The van der Waals surface area contributed by atoms with Crippen LogP contribution in [0.15, 0.2) is 47.8 Å². The van der Waals surface area contributed by atoms with E-state index in [2.05, 4.69) is 14.7 Å². The Kier molecular flexibility index (Phi) is 3.54. The summed E-state index contributed by atoms with van der Waals surface area (Å²) >= 11 is 0. The van der Waals surface area contributed by atoms with Gasteiger partial charge in [0.15, 0.2) is 0 Å². The van der Waals surface area contributed by atoms with Gasteiger partial charge in [-0.05, 0) is 24.3 Å². The predicted octanol–water partition coefficient (Wildman–Crippen LogP) is 0.736. The minimum Gasteiger partial charge on any atom is -0.325 e. The molecular weight excluding hydrogens is 252 g/mol. The molecule has 0 amide bonds. The molecule has 0 aromatic carbocycles. The van der Waals surface area contributed by atoms with Crippen molar-refractivity contribution in [2.24, 2.45) is 5.73 Å². The number of anilines is 1. The molecule has 0 aliphatic carbocycles. The van der Waals surface area contributed by atoms with Crippen molar-refractivity contribution in [2.45, 2.75) is 11.4 Å². The molecule has 0 aliphatic heterocycles. The van der Waals surface area contributed by atoms with Crippen LogP contribution >= 0.6 is 0 Å². The van der Waals surface area contributed by atoms with Crippen molar-refractivity contribution in [3.63, 3.8) is 0 Å². The first-order valence-electron chi connectivity index (χ1n) is 5.19. The summed E-state index contributed by atoms with van der Waals surface area (Å²) in [5.41, 5.74) is 6.49. The lowest BCUT2D eigenvalue weighted by Crippen LogP contribution is -2.13. The highest BCUT2D eigenvalue weighted by molar-refractivity contribution is 7.92. The van der Waals surface area contributed by atoms with Gasteiger partial charge in [0, 0.05) is 25.1 Å². The van der Waals surface area contributed by atoms with E-state index in [-0.39, 0.29) is 11.4 Å². The van der Waals surface area contributed by atoms with Crippen LogP contribution in [0.4, 0.5) is 5.69 Å². The smallest absolute Gasteiger partial charge is 0.263 e. The third-order valence-electron chi connectivity index (χ3n) is 2.25. The van der Waals surface area contributed by atoms with Crippen LogP contribution in [0.5, 0.6) is 0 Å². The Bertz CT molecular complexity index is 611. The number of pyridine rings is 2. The summed E-state index contributed by atoms with van der Waals surface area (Å²) in [6.45, 7) is 0.276. The molecule has 2 rings (SSSR count). The predicted molar refractivity (Wildman–Crippen MR) is 67.2 cm³/mol. The Labute approximate surface area is 105 Å². The number of aromatic nitrogens is 2. The lowest BCUT2D eigenvalue weighted by Gasteiger charge is -2.07. The second kappa shape index (κ2) is 5.11. The van der Waals surface area contributed by atoms with Crippen LogP contribution in [0.25, 0.3) is 0 Å². The number of sulfonamides is 1. The minimum absolute atomic E-state index is 0.0940. The minimum atomic E-state index is -3.62. The molecule has 0 spiro atoms. The van der Waals surface area contributed by atoms with Gasteiger partial charge >= 0.3 is 0 Å². The molecule has 2 heterocycles. The number of nitrogens with one attached hydrogen (secondary N) is 1. The van der Waals surface area contributed by atoms with E-state index in [0.29, 0.717) is 11.4 Å². The average molecular weight is 264 g/mol. The average Bonchev–Trinajstić information content (AvgIpc) is 2.39. The Morgan fingerprint density at radius 3 is 2.44 bits per heavy atom. The summed E-state index contributed by atoms with van der Waals surface area (Å²) in [5.74, 6) is 0. The van der Waals surface area contributed by atoms with Crippen molar-refractivity contribution in [3.05, 3.63) is 48.5 Å². The lowest BCUT2D eigenvalue weighted by atomic mass is 10.4. The maximum absolute atomic E-state index is 12.0. The maximum Gasteiger partial charge on any atom is 0.263 e. The van der Waals surface area contributed by atoms with Crippen LogP contribution in [-0.4, -0.2) is 18.4 Å². The van der Waals surface area contributed by atoms with Crippen LogP contribution in [0, 0.1) is 0 Å². The molecule has 0 saturated carbocycles. The highest BCUT2D eigenvalue weighted by Crippen LogP contribution is 2.14. The zero-order valence-corrected chi connectivity index (χ0v) is 10.3. The van der Waals surface area contributed by atoms with Crippen LogP contribution in [-0.2, 0) is 16.6 Å². The number of hydrogen-bond donors (Lipinski definition) is 2. The molecule has 0 saturated heterocycles. The number of rotatable bonds is 4. The zero-order valence-electron chi connectivity index (χ0n) is 9.45. The second-order valence-electron chi connectivity index (χ2n) is 3.53. The van der Waals surface area contributed by atoms with E-state index in [1.54, 1.807) is 18.2 Å². The van der Waals surface area contributed by atoms with E-state index < -0.39 is 10.0 Å². The monoisotopic (exact) mass is 264 g/mol. The first-order chi connectivity index (χ1) is 8.62. The first-order valence-corrected chi connectivity index (χ1v) is 6.68. The molecule has 0 bridgehead atoms. The van der Waals surface area contributed by atoms with Gasteiger partial charge in [0.1, 0.15) is 4.90 Å². The number of nitrogens with zero attached hydrogens (tertiary/aromatic N) is 2. The SMILES string of the molecule is NCc1ccc(S(=O)(=O)Nc2ccncc2)cn1. The van der Waals surface area contributed by atoms with Crippen molar-refractivity contribution in [3.8, 4) is 0 Å². The molecule has 7 heteroatoms. The van der Waals surface area contributed by atoms with Crippen LogP contribution < -0.4 is 10.5 Å². The Hall–Kier alpha value is -1.99. The van der Waals surface area contributed by atoms with E-state index in [0.717, 1.165) is 0 Å². The molecule has 2 aromatic rings. The molecule has 6 nitrogen and oxygen atoms in total. The molecule has 0 radical (unpaired) electrons. The van der Waals surface area contributed by atoms with E-state index in [1.807, 2.05) is 0 Å². The van der Waals surface area contributed by atoms with Gasteiger partial charge in [-0.1, -0.05) is 0 Å². The topological polar surface area (TPSA) is 98.0 Å².